The highest BCUT2D eigenvalue weighted by Gasteiger charge is 2.31. The largest absolute Gasteiger partial charge is 0.343 e. The number of piperidine rings is 1. The number of nitrogens with zero attached hydrogens (tertiary/aromatic N) is 3. The highest BCUT2D eigenvalue weighted by molar-refractivity contribution is 5.73. The summed E-state index contributed by atoms with van der Waals surface area (Å²) in [5, 5.41) is 7.63. The van der Waals surface area contributed by atoms with Gasteiger partial charge in [-0.05, 0) is 25.7 Å². The van der Waals surface area contributed by atoms with Crippen LogP contribution in [0.15, 0.2) is 4.52 Å². The van der Waals surface area contributed by atoms with Gasteiger partial charge in [-0.1, -0.05) is 25.4 Å². The zero-order chi connectivity index (χ0) is 16.1. The second-order valence-electron chi connectivity index (χ2n) is 6.22. The van der Waals surface area contributed by atoms with E-state index in [0.717, 1.165) is 44.6 Å². The molecule has 1 amide bonds. The Morgan fingerprint density at radius 1 is 1.50 bits per heavy atom. The number of carbonyl (C=O) groups is 1. The van der Waals surface area contributed by atoms with Crippen LogP contribution in [0.2, 0.25) is 0 Å². The number of likely N-dealkylation sites (tertiary alicyclic amines) is 1. The topological polar surface area (TPSA) is 71.3 Å². The fourth-order valence-electron chi connectivity index (χ4n) is 3.11. The Hall–Kier alpha value is -1.43. The quantitative estimate of drug-likeness (QED) is 0.873. The predicted octanol–water partition coefficient (Wildman–Crippen LogP) is 2.32. The molecule has 0 unspecified atom stereocenters. The first-order valence-corrected chi connectivity index (χ1v) is 8.39. The van der Waals surface area contributed by atoms with Crippen molar-refractivity contribution in [2.24, 2.45) is 5.92 Å². The highest BCUT2D eigenvalue weighted by atomic mass is 16.5. The Balaban J connectivity index is 1.94. The van der Waals surface area contributed by atoms with E-state index in [-0.39, 0.29) is 11.9 Å². The summed E-state index contributed by atoms with van der Waals surface area (Å²) in [5.41, 5.74) is 0. The van der Waals surface area contributed by atoms with Gasteiger partial charge in [0.15, 0.2) is 5.82 Å². The number of aromatic nitrogens is 2. The van der Waals surface area contributed by atoms with Crippen molar-refractivity contribution in [3.05, 3.63) is 11.7 Å². The first kappa shape index (κ1) is 16.9. The fourth-order valence-corrected chi connectivity index (χ4v) is 3.11. The van der Waals surface area contributed by atoms with E-state index in [1.807, 2.05) is 4.90 Å². The molecule has 22 heavy (non-hydrogen) atoms. The van der Waals surface area contributed by atoms with Crippen molar-refractivity contribution in [3.8, 4) is 0 Å². The molecule has 0 aliphatic carbocycles. The number of nitrogens with one attached hydrogen (secondary N) is 1. The van der Waals surface area contributed by atoms with E-state index in [0.29, 0.717) is 17.9 Å². The van der Waals surface area contributed by atoms with Crippen LogP contribution in [-0.2, 0) is 11.2 Å². The molecule has 1 saturated heterocycles. The molecular weight excluding hydrogens is 280 g/mol. The van der Waals surface area contributed by atoms with Crippen molar-refractivity contribution in [2.75, 3.05) is 13.1 Å². The van der Waals surface area contributed by atoms with Crippen LogP contribution in [-0.4, -0.2) is 40.1 Å². The molecule has 2 rings (SSSR count). The van der Waals surface area contributed by atoms with Crippen molar-refractivity contribution in [3.63, 3.8) is 0 Å². The van der Waals surface area contributed by atoms with Gasteiger partial charge in [0.1, 0.15) is 0 Å². The smallest absolute Gasteiger partial charge is 0.243 e. The Kier molecular flexibility index (Phi) is 5.94. The van der Waals surface area contributed by atoms with Crippen LogP contribution in [0.4, 0.5) is 0 Å². The molecule has 0 spiro atoms. The Morgan fingerprint density at radius 3 is 2.91 bits per heavy atom. The van der Waals surface area contributed by atoms with Crippen LogP contribution in [0.1, 0.15) is 64.7 Å². The third-order valence-electron chi connectivity index (χ3n) is 4.50. The molecule has 0 bridgehead atoms. The second kappa shape index (κ2) is 7.72. The standard InChI is InChI=1S/C16H28N4O2/c1-5-7-15-18-16(22-19-15)11(3)17-14-8-9-20(12(4)21)10-13(14)6-2/h11,13-14,17H,5-10H2,1-4H3/t11-,13+,14+/m0/s1. The summed E-state index contributed by atoms with van der Waals surface area (Å²) in [4.78, 5) is 17.9. The molecule has 6 heteroatoms. The third kappa shape index (κ3) is 4.06. The lowest BCUT2D eigenvalue weighted by molar-refractivity contribution is -0.131. The first-order chi connectivity index (χ1) is 10.5. The normalized spacial score (nSPS) is 23.5. The Morgan fingerprint density at radius 2 is 2.27 bits per heavy atom. The molecule has 0 saturated carbocycles. The predicted molar refractivity (Wildman–Crippen MR) is 84.3 cm³/mol. The molecule has 1 N–H and O–H groups in total. The van der Waals surface area contributed by atoms with Gasteiger partial charge >= 0.3 is 0 Å². The van der Waals surface area contributed by atoms with Crippen molar-refractivity contribution in [1.29, 1.82) is 0 Å². The van der Waals surface area contributed by atoms with Gasteiger partial charge in [0.2, 0.25) is 11.8 Å². The maximum atomic E-state index is 11.5. The third-order valence-corrected chi connectivity index (χ3v) is 4.50. The van der Waals surface area contributed by atoms with Gasteiger partial charge in [-0.2, -0.15) is 4.98 Å². The molecule has 1 aromatic rings. The van der Waals surface area contributed by atoms with E-state index in [9.17, 15) is 4.79 Å². The van der Waals surface area contributed by atoms with Crippen molar-refractivity contribution >= 4 is 5.91 Å². The lowest BCUT2D eigenvalue weighted by Crippen LogP contribution is -2.50. The molecule has 124 valence electrons. The molecule has 0 aromatic carbocycles. The van der Waals surface area contributed by atoms with E-state index in [2.05, 4.69) is 36.2 Å². The molecule has 1 aliphatic heterocycles. The van der Waals surface area contributed by atoms with E-state index in [1.54, 1.807) is 6.92 Å². The molecular formula is C16H28N4O2. The minimum Gasteiger partial charge on any atom is -0.343 e. The first-order valence-electron chi connectivity index (χ1n) is 8.39. The second-order valence-corrected chi connectivity index (χ2v) is 6.22. The average Bonchev–Trinajstić information content (AvgIpc) is 2.96. The molecule has 1 fully saturated rings. The van der Waals surface area contributed by atoms with Crippen molar-refractivity contribution in [1.82, 2.24) is 20.4 Å². The van der Waals surface area contributed by atoms with Gasteiger partial charge in [-0.25, -0.2) is 0 Å². The van der Waals surface area contributed by atoms with Gasteiger partial charge in [-0.15, -0.1) is 0 Å². The van der Waals surface area contributed by atoms with Gasteiger partial charge in [0.05, 0.1) is 6.04 Å². The minimum absolute atomic E-state index is 0.0426. The summed E-state index contributed by atoms with van der Waals surface area (Å²) >= 11 is 0. The SMILES string of the molecule is CCCc1noc([C@H](C)N[C@@H]2CCN(C(C)=O)C[C@H]2CC)n1. The molecule has 1 aromatic heterocycles. The van der Waals surface area contributed by atoms with Crippen LogP contribution in [0, 0.1) is 5.92 Å². The fraction of sp³-hybridized carbons (Fsp3) is 0.812. The zero-order valence-corrected chi connectivity index (χ0v) is 14.1. The van der Waals surface area contributed by atoms with Gasteiger partial charge in [0, 0.05) is 32.5 Å². The summed E-state index contributed by atoms with van der Waals surface area (Å²) in [6, 6.07) is 0.429. The monoisotopic (exact) mass is 308 g/mol. The van der Waals surface area contributed by atoms with E-state index < -0.39 is 0 Å². The summed E-state index contributed by atoms with van der Waals surface area (Å²) in [6.07, 6.45) is 3.89. The zero-order valence-electron chi connectivity index (χ0n) is 14.1. The molecule has 2 heterocycles. The summed E-state index contributed by atoms with van der Waals surface area (Å²) in [7, 11) is 0. The van der Waals surface area contributed by atoms with E-state index in [1.165, 1.54) is 0 Å². The maximum absolute atomic E-state index is 11.5. The van der Waals surface area contributed by atoms with Crippen LogP contribution < -0.4 is 5.32 Å². The number of aryl methyl sites for hydroxylation is 1. The number of hydrogen-bond donors (Lipinski definition) is 1. The molecule has 3 atom stereocenters. The van der Waals surface area contributed by atoms with Gasteiger partial charge < -0.3 is 14.7 Å². The Bertz CT molecular complexity index is 488. The van der Waals surface area contributed by atoms with Crippen LogP contribution in [0.3, 0.4) is 0 Å². The van der Waals surface area contributed by atoms with Gasteiger partial charge in [-0.3, -0.25) is 4.79 Å². The average molecular weight is 308 g/mol. The highest BCUT2D eigenvalue weighted by Crippen LogP contribution is 2.23. The van der Waals surface area contributed by atoms with E-state index >= 15 is 0 Å². The van der Waals surface area contributed by atoms with Crippen LogP contribution >= 0.6 is 0 Å². The van der Waals surface area contributed by atoms with E-state index in [4.69, 9.17) is 4.52 Å². The van der Waals surface area contributed by atoms with Crippen molar-refractivity contribution in [2.45, 2.75) is 65.5 Å². The van der Waals surface area contributed by atoms with Crippen molar-refractivity contribution < 1.29 is 9.32 Å². The van der Waals surface area contributed by atoms with Crippen LogP contribution in [0.25, 0.3) is 0 Å². The number of hydrogen-bond acceptors (Lipinski definition) is 5. The number of amides is 1. The summed E-state index contributed by atoms with van der Waals surface area (Å²) < 4.78 is 5.36. The minimum atomic E-state index is 0.0426. The molecule has 6 nitrogen and oxygen atoms in total. The lowest BCUT2D eigenvalue weighted by Gasteiger charge is -2.39. The number of rotatable bonds is 6. The van der Waals surface area contributed by atoms with Gasteiger partial charge in [0.25, 0.3) is 0 Å². The molecule has 0 radical (unpaired) electrons. The van der Waals surface area contributed by atoms with Crippen LogP contribution in [0.5, 0.6) is 0 Å². The number of carbonyl (C=O) groups excluding carboxylic acids is 1. The maximum Gasteiger partial charge on any atom is 0.243 e. The Labute approximate surface area is 132 Å². The molecule has 1 aliphatic rings. The summed E-state index contributed by atoms with van der Waals surface area (Å²) in [6.45, 7) is 9.65. The summed E-state index contributed by atoms with van der Waals surface area (Å²) in [5.74, 6) is 2.08. The lowest BCUT2D eigenvalue weighted by atomic mass is 9.89.